The number of benzene rings is 1. The normalized spacial score (nSPS) is 15.4. The van der Waals surface area contributed by atoms with Crippen molar-refractivity contribution in [1.82, 2.24) is 15.5 Å². The SMILES string of the molecule is O=C(CCCNC(=O)c1ccc(Cl)cc1)NCCN1CCCCCC1. The molecule has 2 amide bonds. The Kier molecular flexibility index (Phi) is 8.77. The van der Waals surface area contributed by atoms with E-state index in [1.807, 2.05) is 0 Å². The molecule has 2 N–H and O–H groups in total. The molecular formula is C19H28ClN3O2. The summed E-state index contributed by atoms with van der Waals surface area (Å²) < 4.78 is 0. The van der Waals surface area contributed by atoms with Crippen LogP contribution in [-0.2, 0) is 4.79 Å². The van der Waals surface area contributed by atoms with Crippen LogP contribution >= 0.6 is 11.6 Å². The minimum absolute atomic E-state index is 0.0514. The second kappa shape index (κ2) is 11.1. The fourth-order valence-corrected chi connectivity index (χ4v) is 3.08. The van der Waals surface area contributed by atoms with Gasteiger partial charge in [0.05, 0.1) is 0 Å². The lowest BCUT2D eigenvalue weighted by atomic mass is 10.2. The van der Waals surface area contributed by atoms with Gasteiger partial charge < -0.3 is 15.5 Å². The summed E-state index contributed by atoms with van der Waals surface area (Å²) in [5.41, 5.74) is 0.575. The molecule has 25 heavy (non-hydrogen) atoms. The lowest BCUT2D eigenvalue weighted by Crippen LogP contribution is -2.35. The van der Waals surface area contributed by atoms with Gasteiger partial charge in [-0.05, 0) is 56.6 Å². The van der Waals surface area contributed by atoms with Crippen molar-refractivity contribution in [1.29, 1.82) is 0 Å². The summed E-state index contributed by atoms with van der Waals surface area (Å²) in [5, 5.41) is 6.39. The van der Waals surface area contributed by atoms with E-state index < -0.39 is 0 Å². The topological polar surface area (TPSA) is 61.4 Å². The number of carbonyl (C=O) groups is 2. The van der Waals surface area contributed by atoms with Crippen molar-refractivity contribution >= 4 is 23.4 Å². The standard InChI is InChI=1S/C19H28ClN3O2/c20-17-9-7-16(8-10-17)19(25)22-11-5-6-18(24)21-12-15-23-13-3-1-2-4-14-23/h7-10H,1-6,11-15H2,(H,21,24)(H,22,25). The summed E-state index contributed by atoms with van der Waals surface area (Å²) in [6.07, 6.45) is 6.24. The number of carbonyl (C=O) groups excluding carboxylic acids is 2. The molecule has 0 bridgehead atoms. The van der Waals surface area contributed by atoms with Crippen molar-refractivity contribution in [3.8, 4) is 0 Å². The van der Waals surface area contributed by atoms with Gasteiger partial charge in [-0.2, -0.15) is 0 Å². The largest absolute Gasteiger partial charge is 0.355 e. The molecule has 0 atom stereocenters. The maximum absolute atomic E-state index is 11.9. The van der Waals surface area contributed by atoms with Crippen molar-refractivity contribution < 1.29 is 9.59 Å². The van der Waals surface area contributed by atoms with Gasteiger partial charge in [0.2, 0.25) is 5.91 Å². The van der Waals surface area contributed by atoms with Crippen molar-refractivity contribution in [3.63, 3.8) is 0 Å². The molecule has 1 aliphatic heterocycles. The third-order valence-electron chi connectivity index (χ3n) is 4.42. The van der Waals surface area contributed by atoms with Gasteiger partial charge in [0.25, 0.3) is 5.91 Å². The van der Waals surface area contributed by atoms with E-state index in [0.717, 1.165) is 19.6 Å². The summed E-state index contributed by atoms with van der Waals surface area (Å²) in [6.45, 7) is 4.41. The summed E-state index contributed by atoms with van der Waals surface area (Å²) in [4.78, 5) is 26.2. The van der Waals surface area contributed by atoms with Gasteiger partial charge in [0, 0.05) is 36.6 Å². The predicted molar refractivity (Wildman–Crippen MR) is 101 cm³/mol. The molecule has 1 aliphatic rings. The van der Waals surface area contributed by atoms with E-state index in [4.69, 9.17) is 11.6 Å². The number of hydrogen-bond donors (Lipinski definition) is 2. The van der Waals surface area contributed by atoms with Crippen LogP contribution in [0.5, 0.6) is 0 Å². The smallest absolute Gasteiger partial charge is 0.251 e. The summed E-state index contributed by atoms with van der Waals surface area (Å²) in [7, 11) is 0. The highest BCUT2D eigenvalue weighted by Gasteiger charge is 2.09. The first-order chi connectivity index (χ1) is 12.1. The van der Waals surface area contributed by atoms with Crippen LogP contribution in [0.4, 0.5) is 0 Å². The van der Waals surface area contributed by atoms with Crippen LogP contribution in [0.15, 0.2) is 24.3 Å². The summed E-state index contributed by atoms with van der Waals surface area (Å²) in [5.74, 6) is -0.0891. The van der Waals surface area contributed by atoms with E-state index in [9.17, 15) is 9.59 Å². The highest BCUT2D eigenvalue weighted by atomic mass is 35.5. The average Bonchev–Trinajstić information content (AvgIpc) is 2.88. The van der Waals surface area contributed by atoms with Crippen LogP contribution in [0.25, 0.3) is 0 Å². The molecule has 0 aromatic heterocycles. The van der Waals surface area contributed by atoms with E-state index in [1.54, 1.807) is 24.3 Å². The molecule has 0 aliphatic carbocycles. The second-order valence-electron chi connectivity index (χ2n) is 6.47. The van der Waals surface area contributed by atoms with Gasteiger partial charge in [-0.3, -0.25) is 9.59 Å². The Morgan fingerprint density at radius 2 is 1.64 bits per heavy atom. The van der Waals surface area contributed by atoms with Crippen molar-refractivity contribution in [2.75, 3.05) is 32.7 Å². The monoisotopic (exact) mass is 365 g/mol. The highest BCUT2D eigenvalue weighted by molar-refractivity contribution is 6.30. The molecule has 138 valence electrons. The molecule has 2 rings (SSSR count). The molecular weight excluding hydrogens is 338 g/mol. The Balaban J connectivity index is 1.53. The number of nitrogens with zero attached hydrogens (tertiary/aromatic N) is 1. The van der Waals surface area contributed by atoms with E-state index >= 15 is 0 Å². The molecule has 1 heterocycles. The highest BCUT2D eigenvalue weighted by Crippen LogP contribution is 2.09. The van der Waals surface area contributed by atoms with E-state index in [1.165, 1.54) is 25.7 Å². The molecule has 1 aromatic carbocycles. The first-order valence-corrected chi connectivity index (χ1v) is 9.56. The molecule has 0 unspecified atom stereocenters. The number of nitrogens with one attached hydrogen (secondary N) is 2. The minimum atomic E-state index is -0.141. The first-order valence-electron chi connectivity index (χ1n) is 9.18. The number of halogens is 1. The maximum atomic E-state index is 11.9. The number of likely N-dealkylation sites (tertiary alicyclic amines) is 1. The average molecular weight is 366 g/mol. The van der Waals surface area contributed by atoms with Gasteiger partial charge in [-0.1, -0.05) is 24.4 Å². The predicted octanol–water partition coefficient (Wildman–Crippen LogP) is 2.84. The van der Waals surface area contributed by atoms with E-state index in [-0.39, 0.29) is 11.8 Å². The van der Waals surface area contributed by atoms with Crippen molar-refractivity contribution in [3.05, 3.63) is 34.9 Å². The third-order valence-corrected chi connectivity index (χ3v) is 4.67. The van der Waals surface area contributed by atoms with Gasteiger partial charge in [-0.15, -0.1) is 0 Å². The Hall–Kier alpha value is -1.59. The molecule has 1 fully saturated rings. The van der Waals surface area contributed by atoms with Crippen LogP contribution in [-0.4, -0.2) is 49.4 Å². The lowest BCUT2D eigenvalue weighted by molar-refractivity contribution is -0.121. The van der Waals surface area contributed by atoms with E-state index in [0.29, 0.717) is 36.5 Å². The zero-order valence-electron chi connectivity index (χ0n) is 14.7. The van der Waals surface area contributed by atoms with Gasteiger partial charge in [0.15, 0.2) is 0 Å². The van der Waals surface area contributed by atoms with Gasteiger partial charge >= 0.3 is 0 Å². The third kappa shape index (κ3) is 7.88. The molecule has 1 aromatic rings. The van der Waals surface area contributed by atoms with Crippen LogP contribution < -0.4 is 10.6 Å². The number of hydrogen-bond acceptors (Lipinski definition) is 3. The molecule has 0 spiro atoms. The molecule has 5 nitrogen and oxygen atoms in total. The zero-order valence-corrected chi connectivity index (χ0v) is 15.5. The molecule has 0 radical (unpaired) electrons. The van der Waals surface area contributed by atoms with Gasteiger partial charge in [0.1, 0.15) is 0 Å². The van der Waals surface area contributed by atoms with Crippen LogP contribution in [0.2, 0.25) is 5.02 Å². The Morgan fingerprint density at radius 1 is 0.960 bits per heavy atom. The Labute approximate surface area is 155 Å². The van der Waals surface area contributed by atoms with Gasteiger partial charge in [-0.25, -0.2) is 0 Å². The second-order valence-corrected chi connectivity index (χ2v) is 6.91. The van der Waals surface area contributed by atoms with Crippen molar-refractivity contribution in [2.45, 2.75) is 38.5 Å². The minimum Gasteiger partial charge on any atom is -0.355 e. The molecule has 0 saturated carbocycles. The van der Waals surface area contributed by atoms with Crippen LogP contribution in [0, 0.1) is 0 Å². The lowest BCUT2D eigenvalue weighted by Gasteiger charge is -2.19. The zero-order chi connectivity index (χ0) is 17.9. The number of rotatable bonds is 8. The first kappa shape index (κ1) is 19.7. The quantitative estimate of drug-likeness (QED) is 0.696. The fraction of sp³-hybridized carbons (Fsp3) is 0.579. The maximum Gasteiger partial charge on any atom is 0.251 e. The summed E-state index contributed by atoms with van der Waals surface area (Å²) in [6, 6.07) is 6.75. The van der Waals surface area contributed by atoms with Crippen LogP contribution in [0.1, 0.15) is 48.9 Å². The fourth-order valence-electron chi connectivity index (χ4n) is 2.96. The molecule has 6 heteroatoms. The Morgan fingerprint density at radius 3 is 2.32 bits per heavy atom. The summed E-state index contributed by atoms with van der Waals surface area (Å²) >= 11 is 5.80. The van der Waals surface area contributed by atoms with Crippen LogP contribution in [0.3, 0.4) is 0 Å². The number of amides is 2. The van der Waals surface area contributed by atoms with Crippen molar-refractivity contribution in [2.24, 2.45) is 0 Å². The Bertz CT molecular complexity index is 540. The van der Waals surface area contributed by atoms with E-state index in [2.05, 4.69) is 15.5 Å². The molecule has 1 saturated heterocycles.